The maximum absolute atomic E-state index is 12.0. The Kier molecular flexibility index (Phi) is 4.35. The second-order valence-electron chi connectivity index (χ2n) is 4.07. The maximum atomic E-state index is 12.0. The van der Waals surface area contributed by atoms with E-state index in [9.17, 15) is 8.42 Å². The minimum atomic E-state index is -3.21. The van der Waals surface area contributed by atoms with E-state index in [1.54, 1.807) is 12.1 Å². The van der Waals surface area contributed by atoms with E-state index in [0.29, 0.717) is 12.1 Å². The van der Waals surface area contributed by atoms with E-state index >= 15 is 0 Å². The van der Waals surface area contributed by atoms with Crippen molar-refractivity contribution in [2.75, 3.05) is 11.5 Å². The molecule has 0 radical (unpaired) electrons. The van der Waals surface area contributed by atoms with Crippen molar-refractivity contribution in [2.24, 2.45) is 0 Å². The molecular weight excluding hydrogens is 222 g/mol. The summed E-state index contributed by atoms with van der Waals surface area (Å²) in [4.78, 5) is 0.281. The summed E-state index contributed by atoms with van der Waals surface area (Å²) in [6.07, 6.45) is 2.65. The highest BCUT2D eigenvalue weighted by molar-refractivity contribution is 7.91. The molecule has 0 heterocycles. The molecule has 0 aliphatic carbocycles. The molecule has 0 aliphatic heterocycles. The first-order chi connectivity index (χ1) is 7.47. The first kappa shape index (κ1) is 13.0. The first-order valence-corrected chi connectivity index (χ1v) is 7.21. The van der Waals surface area contributed by atoms with E-state index in [1.165, 1.54) is 0 Å². The molecule has 0 aromatic heterocycles. The van der Waals surface area contributed by atoms with Crippen LogP contribution in [0.25, 0.3) is 0 Å². The van der Waals surface area contributed by atoms with Gasteiger partial charge in [-0.25, -0.2) is 8.42 Å². The van der Waals surface area contributed by atoms with Gasteiger partial charge in [0.15, 0.2) is 9.84 Å². The maximum Gasteiger partial charge on any atom is 0.180 e. The molecule has 0 atom stereocenters. The van der Waals surface area contributed by atoms with Gasteiger partial charge >= 0.3 is 0 Å². The first-order valence-electron chi connectivity index (χ1n) is 5.56. The number of rotatable bonds is 5. The SMILES string of the molecule is CCCCCS(=O)(=O)c1cc(C)ccc1N. The van der Waals surface area contributed by atoms with Crippen LogP contribution in [-0.2, 0) is 9.84 Å². The zero-order chi connectivity index (χ0) is 12.2. The number of nitrogen functional groups attached to an aromatic ring is 1. The summed E-state index contributed by atoms with van der Waals surface area (Å²) in [5.74, 6) is 0.189. The fourth-order valence-electron chi connectivity index (χ4n) is 1.56. The largest absolute Gasteiger partial charge is 0.398 e. The summed E-state index contributed by atoms with van der Waals surface area (Å²) in [6.45, 7) is 3.91. The number of sulfone groups is 1. The van der Waals surface area contributed by atoms with Crippen molar-refractivity contribution < 1.29 is 8.42 Å². The van der Waals surface area contributed by atoms with Crippen LogP contribution < -0.4 is 5.73 Å². The number of hydrogen-bond acceptors (Lipinski definition) is 3. The normalized spacial score (nSPS) is 11.6. The van der Waals surface area contributed by atoms with Gasteiger partial charge in [0.1, 0.15) is 0 Å². The van der Waals surface area contributed by atoms with Crippen LogP contribution in [0.2, 0.25) is 0 Å². The van der Waals surface area contributed by atoms with Crippen molar-refractivity contribution in [3.8, 4) is 0 Å². The molecule has 1 aromatic carbocycles. The average Bonchev–Trinajstić information content (AvgIpc) is 2.22. The lowest BCUT2D eigenvalue weighted by molar-refractivity contribution is 0.591. The van der Waals surface area contributed by atoms with Crippen molar-refractivity contribution in [3.05, 3.63) is 23.8 Å². The second kappa shape index (κ2) is 5.34. The third-order valence-corrected chi connectivity index (χ3v) is 4.37. The molecule has 2 N–H and O–H groups in total. The summed E-state index contributed by atoms with van der Waals surface area (Å²) in [5, 5.41) is 0. The summed E-state index contributed by atoms with van der Waals surface area (Å²) in [5.41, 5.74) is 6.97. The molecule has 0 aliphatic rings. The molecule has 0 fully saturated rings. The van der Waals surface area contributed by atoms with Gasteiger partial charge < -0.3 is 5.73 Å². The Bertz CT molecular complexity index is 452. The minimum Gasteiger partial charge on any atom is -0.398 e. The van der Waals surface area contributed by atoms with Gasteiger partial charge in [-0.3, -0.25) is 0 Å². The Morgan fingerprint density at radius 2 is 1.94 bits per heavy atom. The van der Waals surface area contributed by atoms with Crippen LogP contribution >= 0.6 is 0 Å². The molecule has 0 saturated carbocycles. The fourth-order valence-corrected chi connectivity index (χ4v) is 3.16. The molecule has 3 nitrogen and oxygen atoms in total. The van der Waals surface area contributed by atoms with E-state index < -0.39 is 9.84 Å². The average molecular weight is 241 g/mol. The Labute approximate surface area is 97.6 Å². The predicted molar refractivity (Wildman–Crippen MR) is 67.2 cm³/mol. The van der Waals surface area contributed by atoms with Gasteiger partial charge in [0.05, 0.1) is 16.3 Å². The van der Waals surface area contributed by atoms with Crippen molar-refractivity contribution in [2.45, 2.75) is 38.0 Å². The van der Waals surface area contributed by atoms with Crippen LogP contribution in [0.4, 0.5) is 5.69 Å². The summed E-state index contributed by atoms with van der Waals surface area (Å²) in [7, 11) is -3.21. The van der Waals surface area contributed by atoms with Crippen molar-refractivity contribution >= 4 is 15.5 Å². The standard InChI is InChI=1S/C12H19NO2S/c1-3-4-5-8-16(14,15)12-9-10(2)6-7-11(12)13/h6-7,9H,3-5,8,13H2,1-2H3. The smallest absolute Gasteiger partial charge is 0.180 e. The van der Waals surface area contributed by atoms with Gasteiger partial charge in [-0.2, -0.15) is 0 Å². The number of anilines is 1. The lowest BCUT2D eigenvalue weighted by Crippen LogP contribution is -2.09. The lowest BCUT2D eigenvalue weighted by atomic mass is 10.2. The fraction of sp³-hybridized carbons (Fsp3) is 0.500. The molecule has 4 heteroatoms. The number of benzene rings is 1. The van der Waals surface area contributed by atoms with E-state index in [1.807, 2.05) is 19.9 Å². The second-order valence-corrected chi connectivity index (χ2v) is 6.14. The zero-order valence-electron chi connectivity index (χ0n) is 9.86. The van der Waals surface area contributed by atoms with Crippen LogP contribution in [0.3, 0.4) is 0 Å². The van der Waals surface area contributed by atoms with Crippen molar-refractivity contribution in [3.63, 3.8) is 0 Å². The minimum absolute atomic E-state index is 0.189. The van der Waals surface area contributed by atoms with E-state index in [-0.39, 0.29) is 10.6 Å². The Morgan fingerprint density at radius 1 is 1.25 bits per heavy atom. The quantitative estimate of drug-likeness (QED) is 0.636. The topological polar surface area (TPSA) is 60.2 Å². The molecule has 1 rings (SSSR count). The highest BCUT2D eigenvalue weighted by atomic mass is 32.2. The van der Waals surface area contributed by atoms with E-state index in [4.69, 9.17) is 5.73 Å². The summed E-state index contributed by atoms with van der Waals surface area (Å²) in [6, 6.07) is 5.12. The van der Waals surface area contributed by atoms with Gasteiger partial charge in [0, 0.05) is 0 Å². The molecule has 0 spiro atoms. The molecular formula is C12H19NO2S. The van der Waals surface area contributed by atoms with Crippen LogP contribution in [0.5, 0.6) is 0 Å². The van der Waals surface area contributed by atoms with E-state index in [2.05, 4.69) is 0 Å². The third-order valence-electron chi connectivity index (χ3n) is 2.52. The Hall–Kier alpha value is -1.03. The number of nitrogens with two attached hydrogens (primary N) is 1. The van der Waals surface area contributed by atoms with E-state index in [0.717, 1.165) is 18.4 Å². The predicted octanol–water partition coefficient (Wildman–Crippen LogP) is 2.54. The zero-order valence-corrected chi connectivity index (χ0v) is 10.7. The summed E-state index contributed by atoms with van der Waals surface area (Å²) < 4.78 is 24.0. The number of unbranched alkanes of at least 4 members (excludes halogenated alkanes) is 2. The molecule has 0 bridgehead atoms. The monoisotopic (exact) mass is 241 g/mol. The van der Waals surface area contributed by atoms with Crippen LogP contribution in [-0.4, -0.2) is 14.2 Å². The molecule has 1 aromatic rings. The Balaban J connectivity index is 2.93. The van der Waals surface area contributed by atoms with Gasteiger partial charge in [0.2, 0.25) is 0 Å². The summed E-state index contributed by atoms with van der Waals surface area (Å²) >= 11 is 0. The number of hydrogen-bond donors (Lipinski definition) is 1. The lowest BCUT2D eigenvalue weighted by Gasteiger charge is -2.08. The molecule has 90 valence electrons. The molecule has 16 heavy (non-hydrogen) atoms. The van der Waals surface area contributed by atoms with Gasteiger partial charge in [-0.05, 0) is 31.0 Å². The van der Waals surface area contributed by atoms with Gasteiger partial charge in [-0.1, -0.05) is 25.8 Å². The third kappa shape index (κ3) is 3.23. The van der Waals surface area contributed by atoms with Crippen LogP contribution in [0.15, 0.2) is 23.1 Å². The van der Waals surface area contributed by atoms with Crippen molar-refractivity contribution in [1.29, 1.82) is 0 Å². The highest BCUT2D eigenvalue weighted by Crippen LogP contribution is 2.21. The van der Waals surface area contributed by atoms with Crippen molar-refractivity contribution in [1.82, 2.24) is 0 Å². The molecule has 0 unspecified atom stereocenters. The van der Waals surface area contributed by atoms with Crippen LogP contribution in [0.1, 0.15) is 31.7 Å². The van der Waals surface area contributed by atoms with Gasteiger partial charge in [-0.15, -0.1) is 0 Å². The highest BCUT2D eigenvalue weighted by Gasteiger charge is 2.16. The van der Waals surface area contributed by atoms with Crippen LogP contribution in [0, 0.1) is 6.92 Å². The van der Waals surface area contributed by atoms with Gasteiger partial charge in [0.25, 0.3) is 0 Å². The molecule has 0 amide bonds. The molecule has 0 saturated heterocycles. The Morgan fingerprint density at radius 3 is 2.56 bits per heavy atom. The number of aryl methyl sites for hydroxylation is 1.